The minimum absolute atomic E-state index is 0.0748. The minimum atomic E-state index is 0.0748. The summed E-state index contributed by atoms with van der Waals surface area (Å²) in [5, 5.41) is 3.01. The zero-order valence-electron chi connectivity index (χ0n) is 7.20. The molecule has 0 saturated heterocycles. The van der Waals surface area contributed by atoms with E-state index in [1.807, 2.05) is 5.38 Å². The number of Topliss-reactive ketones (excluding diaryl/α,β-unsaturated/α-hetero) is 1. The van der Waals surface area contributed by atoms with Crippen molar-refractivity contribution in [2.75, 3.05) is 0 Å². The highest BCUT2D eigenvalue weighted by atomic mass is 32.1. The van der Waals surface area contributed by atoms with Gasteiger partial charge in [0.15, 0.2) is 5.78 Å². The summed E-state index contributed by atoms with van der Waals surface area (Å²) < 4.78 is 0. The number of carbonyl (C=O) groups excluding carboxylic acids is 1. The highest BCUT2D eigenvalue weighted by Crippen LogP contribution is 2.47. The Labute approximate surface area is 75.6 Å². The quantitative estimate of drug-likeness (QED) is 0.656. The van der Waals surface area contributed by atoms with Gasteiger partial charge in [0.2, 0.25) is 0 Å². The summed E-state index contributed by atoms with van der Waals surface area (Å²) in [6, 6.07) is 0. The van der Waals surface area contributed by atoms with Crippen molar-refractivity contribution in [3.05, 3.63) is 16.1 Å². The lowest BCUT2D eigenvalue weighted by Gasteiger charge is -1.87. The second kappa shape index (κ2) is 2.66. The van der Waals surface area contributed by atoms with Gasteiger partial charge in [0.1, 0.15) is 5.69 Å². The van der Waals surface area contributed by atoms with E-state index < -0.39 is 0 Å². The molecule has 2 nitrogen and oxygen atoms in total. The van der Waals surface area contributed by atoms with E-state index in [0.717, 1.165) is 10.9 Å². The van der Waals surface area contributed by atoms with E-state index in [0.29, 0.717) is 11.6 Å². The lowest BCUT2D eigenvalue weighted by molar-refractivity contribution is 0.101. The van der Waals surface area contributed by atoms with E-state index in [9.17, 15) is 4.79 Å². The zero-order valence-corrected chi connectivity index (χ0v) is 8.02. The monoisotopic (exact) mass is 181 g/mol. The number of nitrogens with zero attached hydrogens (tertiary/aromatic N) is 1. The summed E-state index contributed by atoms with van der Waals surface area (Å²) in [6.07, 6.45) is 1.24. The summed E-state index contributed by atoms with van der Waals surface area (Å²) in [5.74, 6) is 1.49. The number of rotatable bonds is 2. The van der Waals surface area contributed by atoms with Crippen molar-refractivity contribution in [2.24, 2.45) is 5.92 Å². The number of carbonyl (C=O) groups is 1. The standard InChI is InChI=1S/C9H11NOS/c1-5-3-7(5)9-10-8(4-12-9)6(2)11/h4-5,7H,3H2,1-2H3. The van der Waals surface area contributed by atoms with Crippen LogP contribution in [0.3, 0.4) is 0 Å². The molecule has 2 unspecified atom stereocenters. The van der Waals surface area contributed by atoms with Crippen LogP contribution in [0, 0.1) is 5.92 Å². The molecular weight excluding hydrogens is 170 g/mol. The molecule has 0 spiro atoms. The molecule has 1 aromatic rings. The highest BCUT2D eigenvalue weighted by Gasteiger charge is 2.36. The van der Waals surface area contributed by atoms with Gasteiger partial charge < -0.3 is 0 Å². The summed E-state index contributed by atoms with van der Waals surface area (Å²) in [4.78, 5) is 15.2. The van der Waals surface area contributed by atoms with Gasteiger partial charge in [-0.05, 0) is 12.3 Å². The fourth-order valence-corrected chi connectivity index (χ4v) is 2.39. The van der Waals surface area contributed by atoms with E-state index in [4.69, 9.17) is 0 Å². The maximum absolute atomic E-state index is 10.9. The molecule has 0 aliphatic heterocycles. The molecule has 0 bridgehead atoms. The molecule has 0 aromatic carbocycles. The Morgan fingerprint density at radius 2 is 2.42 bits per heavy atom. The number of hydrogen-bond acceptors (Lipinski definition) is 3. The fraction of sp³-hybridized carbons (Fsp3) is 0.556. The van der Waals surface area contributed by atoms with Crippen molar-refractivity contribution in [3.63, 3.8) is 0 Å². The molecule has 12 heavy (non-hydrogen) atoms. The lowest BCUT2D eigenvalue weighted by Crippen LogP contribution is -1.92. The van der Waals surface area contributed by atoms with Gasteiger partial charge in [-0.2, -0.15) is 0 Å². The van der Waals surface area contributed by atoms with E-state index in [1.54, 1.807) is 18.3 Å². The number of thiazole rings is 1. The van der Waals surface area contributed by atoms with Crippen LogP contribution in [0.2, 0.25) is 0 Å². The molecular formula is C9H11NOS. The average molecular weight is 181 g/mol. The molecule has 2 atom stereocenters. The lowest BCUT2D eigenvalue weighted by atomic mass is 10.3. The molecule has 2 rings (SSSR count). The van der Waals surface area contributed by atoms with Crippen LogP contribution < -0.4 is 0 Å². The van der Waals surface area contributed by atoms with Crippen molar-refractivity contribution in [1.29, 1.82) is 0 Å². The highest BCUT2D eigenvalue weighted by molar-refractivity contribution is 7.10. The molecule has 1 aliphatic carbocycles. The topological polar surface area (TPSA) is 30.0 Å². The summed E-state index contributed by atoms with van der Waals surface area (Å²) in [6.45, 7) is 3.79. The maximum Gasteiger partial charge on any atom is 0.178 e. The van der Waals surface area contributed by atoms with Crippen LogP contribution in [0.4, 0.5) is 0 Å². The van der Waals surface area contributed by atoms with Crippen molar-refractivity contribution >= 4 is 17.1 Å². The van der Waals surface area contributed by atoms with Gasteiger partial charge in [-0.15, -0.1) is 11.3 Å². The molecule has 3 heteroatoms. The van der Waals surface area contributed by atoms with Crippen LogP contribution in [0.1, 0.15) is 41.7 Å². The van der Waals surface area contributed by atoms with Gasteiger partial charge in [-0.25, -0.2) is 4.98 Å². The third-order valence-electron chi connectivity index (χ3n) is 2.31. The Kier molecular flexibility index (Phi) is 1.76. The first kappa shape index (κ1) is 7.92. The molecule has 1 aromatic heterocycles. The first-order valence-electron chi connectivity index (χ1n) is 4.15. The Hall–Kier alpha value is -0.700. The number of aromatic nitrogens is 1. The predicted octanol–water partition coefficient (Wildman–Crippen LogP) is 2.47. The van der Waals surface area contributed by atoms with E-state index in [-0.39, 0.29) is 5.78 Å². The largest absolute Gasteiger partial charge is 0.293 e. The Balaban J connectivity index is 2.19. The van der Waals surface area contributed by atoms with Crippen molar-refractivity contribution in [1.82, 2.24) is 4.98 Å². The minimum Gasteiger partial charge on any atom is -0.293 e. The smallest absolute Gasteiger partial charge is 0.178 e. The summed E-state index contributed by atoms with van der Waals surface area (Å²) in [7, 11) is 0. The van der Waals surface area contributed by atoms with Crippen LogP contribution in [0.5, 0.6) is 0 Å². The summed E-state index contributed by atoms with van der Waals surface area (Å²) >= 11 is 1.62. The number of ketones is 1. The van der Waals surface area contributed by atoms with E-state index >= 15 is 0 Å². The zero-order chi connectivity index (χ0) is 8.72. The van der Waals surface area contributed by atoms with Gasteiger partial charge in [0, 0.05) is 18.2 Å². The van der Waals surface area contributed by atoms with Crippen LogP contribution in [-0.2, 0) is 0 Å². The van der Waals surface area contributed by atoms with Gasteiger partial charge in [0.25, 0.3) is 0 Å². The van der Waals surface area contributed by atoms with E-state index in [1.165, 1.54) is 6.42 Å². The van der Waals surface area contributed by atoms with Gasteiger partial charge in [-0.1, -0.05) is 6.92 Å². The molecule has 1 aliphatic rings. The second-order valence-corrected chi connectivity index (χ2v) is 4.34. The molecule has 64 valence electrons. The van der Waals surface area contributed by atoms with Crippen LogP contribution >= 0.6 is 11.3 Å². The summed E-state index contributed by atoms with van der Waals surface area (Å²) in [5.41, 5.74) is 0.633. The van der Waals surface area contributed by atoms with Crippen LogP contribution in [0.25, 0.3) is 0 Å². The number of hydrogen-bond donors (Lipinski definition) is 0. The first-order valence-corrected chi connectivity index (χ1v) is 5.03. The van der Waals surface area contributed by atoms with Gasteiger partial charge in [-0.3, -0.25) is 4.79 Å². The molecule has 0 N–H and O–H groups in total. The predicted molar refractivity (Wildman–Crippen MR) is 48.6 cm³/mol. The normalized spacial score (nSPS) is 27.2. The van der Waals surface area contributed by atoms with Crippen molar-refractivity contribution in [2.45, 2.75) is 26.2 Å². The average Bonchev–Trinajstić information content (AvgIpc) is 2.59. The first-order chi connectivity index (χ1) is 5.68. The van der Waals surface area contributed by atoms with Crippen molar-refractivity contribution in [3.8, 4) is 0 Å². The third-order valence-corrected chi connectivity index (χ3v) is 3.29. The third kappa shape index (κ3) is 1.29. The maximum atomic E-state index is 10.9. The van der Waals surface area contributed by atoms with Crippen molar-refractivity contribution < 1.29 is 4.79 Å². The Morgan fingerprint density at radius 3 is 2.83 bits per heavy atom. The van der Waals surface area contributed by atoms with Gasteiger partial charge >= 0.3 is 0 Å². The van der Waals surface area contributed by atoms with Crippen LogP contribution in [-0.4, -0.2) is 10.8 Å². The molecule has 1 fully saturated rings. The Morgan fingerprint density at radius 1 is 1.75 bits per heavy atom. The van der Waals surface area contributed by atoms with Gasteiger partial charge in [0.05, 0.1) is 5.01 Å². The molecule has 0 amide bonds. The Bertz CT molecular complexity index is 318. The second-order valence-electron chi connectivity index (χ2n) is 3.45. The molecule has 0 radical (unpaired) electrons. The molecule has 1 saturated carbocycles. The fourth-order valence-electron chi connectivity index (χ4n) is 1.29. The SMILES string of the molecule is CC(=O)c1csc(C2CC2C)n1. The van der Waals surface area contributed by atoms with Crippen LogP contribution in [0.15, 0.2) is 5.38 Å². The molecule has 1 heterocycles. The van der Waals surface area contributed by atoms with E-state index in [2.05, 4.69) is 11.9 Å².